The first-order valence-corrected chi connectivity index (χ1v) is 38.2. The van der Waals surface area contributed by atoms with Crippen LogP contribution in [0.3, 0.4) is 0 Å². The number of methoxy groups -OCH3 is 2. The highest BCUT2D eigenvalue weighted by Crippen LogP contribution is 2.45. The molecule has 0 bridgehead atoms. The first-order valence-electron chi connectivity index (χ1n) is 37.8. The van der Waals surface area contributed by atoms with Gasteiger partial charge in [0.05, 0.1) is 96.4 Å². The molecule has 0 unspecified atom stereocenters. The van der Waals surface area contributed by atoms with Crippen molar-refractivity contribution in [2.24, 2.45) is 0 Å². The Balaban J connectivity index is 0.000000131. The highest BCUT2D eigenvalue weighted by Gasteiger charge is 2.37. The van der Waals surface area contributed by atoms with Gasteiger partial charge in [0.1, 0.15) is 68.7 Å². The molecule has 18 rings (SSSR count). The van der Waals surface area contributed by atoms with Gasteiger partial charge in [-0.3, -0.25) is 15.0 Å². The molecule has 0 amide bonds. The van der Waals surface area contributed by atoms with E-state index in [-0.39, 0.29) is 58.1 Å². The van der Waals surface area contributed by atoms with E-state index in [0.717, 1.165) is 101 Å². The highest BCUT2D eigenvalue weighted by molar-refractivity contribution is 6.30. The fraction of sp³-hybridized carbons (Fsp3) is 0.100. The number of halogens is 16. The van der Waals surface area contributed by atoms with Gasteiger partial charge in [-0.05, 0) is 163 Å². The van der Waals surface area contributed by atoms with E-state index in [1.54, 1.807) is 115 Å². The molecule has 24 nitrogen and oxygen atoms in total. The standard InChI is InChI=1S/C19H11F3N4O.C19H13F3N2O2.C18H11F3N4O.C17H11ClF3N3O2.C17H12F3N3O2/c20-19(21,22)16-7-6-12(11-26-16)27-18-14(4-2-8-25-18)13-3-1-5-15-17(13)24-10-9-23-15;20-19(21,22)16-7-6-13(11-24-16)26-18-15(5-2-9-23-18)14-4-1-3-12-8-10-25-17(12)14;19-18(20,21)16-7-6-13(11-23-16)26-17-14(4-2-9-22-17)15-5-1-3-12-8-10-24-25(12)15;1-25-15-13(7-10(18)8-24-15)12-3-2-6-22-16(12)26-11-4-5-14(23-9-11)17(19,20)21;1-24-14-6-8-21-10-13(14)12-3-2-7-22-16(12)25-11-4-5-15(23-9-11)17(18,19)20/h1-11H;1-7,9,11H,8,10H2;1-11H;2-9H,1H3;2-10H,1H3. The van der Waals surface area contributed by atoms with Crippen LogP contribution in [-0.2, 0) is 37.3 Å². The minimum atomic E-state index is -4.52. The number of para-hydroxylation sites is 2. The number of ether oxygens (including phenoxy) is 8. The Kier molecular flexibility index (Phi) is 27.5. The number of benzene rings is 2. The summed E-state index contributed by atoms with van der Waals surface area (Å²) in [7, 11) is 2.98. The Morgan fingerprint density at radius 2 is 0.715 bits per heavy atom. The van der Waals surface area contributed by atoms with Crippen molar-refractivity contribution in [3.8, 4) is 131 Å². The first kappa shape index (κ1) is 90.2. The van der Waals surface area contributed by atoms with Crippen molar-refractivity contribution < 1.29 is 104 Å². The van der Waals surface area contributed by atoms with Gasteiger partial charge in [-0.25, -0.2) is 59.3 Å². The summed E-state index contributed by atoms with van der Waals surface area (Å²) in [5.41, 5.74) is 5.06. The highest BCUT2D eigenvalue weighted by atomic mass is 35.5. The largest absolute Gasteiger partial charge is 0.496 e. The van der Waals surface area contributed by atoms with Crippen LogP contribution in [0.25, 0.3) is 72.3 Å². The van der Waals surface area contributed by atoms with Crippen LogP contribution >= 0.6 is 11.6 Å². The van der Waals surface area contributed by atoms with E-state index in [9.17, 15) is 65.9 Å². The zero-order chi connectivity index (χ0) is 91.7. The van der Waals surface area contributed by atoms with E-state index in [4.69, 9.17) is 49.5 Å². The minimum Gasteiger partial charge on any atom is -0.496 e. The molecule has 1 aliphatic rings. The summed E-state index contributed by atoms with van der Waals surface area (Å²) in [5.74, 6) is 3.49. The second kappa shape index (κ2) is 39.6. The maximum Gasteiger partial charge on any atom is 0.433 e. The molecule has 658 valence electrons. The Hall–Kier alpha value is -16.1. The fourth-order valence-electron chi connectivity index (χ4n) is 12.3. The lowest BCUT2D eigenvalue weighted by Gasteiger charge is -2.13. The third-order valence-electron chi connectivity index (χ3n) is 18.1. The van der Waals surface area contributed by atoms with Gasteiger partial charge in [-0.1, -0.05) is 48.0 Å². The minimum absolute atomic E-state index is 0.104. The number of alkyl halides is 15. The molecule has 2 aromatic carbocycles. The zero-order valence-electron chi connectivity index (χ0n) is 66.6. The van der Waals surface area contributed by atoms with E-state index in [1.165, 1.54) is 69.3 Å². The topological polar surface area (TPSA) is 272 Å². The molecule has 15 aromatic heterocycles. The van der Waals surface area contributed by atoms with Crippen LogP contribution in [0.5, 0.6) is 75.5 Å². The summed E-state index contributed by atoms with van der Waals surface area (Å²) >= 11 is 6.00. The molecule has 130 heavy (non-hydrogen) atoms. The molecule has 0 aliphatic carbocycles. The van der Waals surface area contributed by atoms with Crippen LogP contribution < -0.4 is 37.9 Å². The van der Waals surface area contributed by atoms with E-state index in [2.05, 4.69) is 74.9 Å². The van der Waals surface area contributed by atoms with Crippen LogP contribution in [-0.4, -0.2) is 100 Å². The van der Waals surface area contributed by atoms with Gasteiger partial charge in [0.2, 0.25) is 35.3 Å². The fourth-order valence-corrected chi connectivity index (χ4v) is 12.5. The number of nitrogens with zero attached hydrogens (tertiary/aromatic N) is 16. The summed E-state index contributed by atoms with van der Waals surface area (Å²) in [5, 5.41) is 4.66. The molecule has 0 radical (unpaired) electrons. The maximum atomic E-state index is 12.7. The SMILES string of the molecule is COc1ccncc1-c1cccnc1Oc1ccc(C(F)(F)F)nc1.COc1ncc(Cl)cc1-c1cccnc1Oc1ccc(C(F)(F)F)nc1.FC(F)(F)c1ccc(Oc2ncccc2-c2cccc3c2OCC3)cn1.FC(F)(F)c1ccc(Oc2ncccc2-c2cccc3ccnn23)cn1.FC(F)(F)c1ccc(Oc2ncccc2-c2cccc3nccnc23)cn1. The molecule has 0 saturated heterocycles. The molecule has 0 spiro atoms. The van der Waals surface area contributed by atoms with E-state index in [1.807, 2.05) is 66.7 Å². The van der Waals surface area contributed by atoms with Gasteiger partial charge >= 0.3 is 30.9 Å². The third kappa shape index (κ3) is 22.4. The predicted molar refractivity (Wildman–Crippen MR) is 440 cm³/mol. The van der Waals surface area contributed by atoms with Gasteiger partial charge in [0.15, 0.2) is 0 Å². The monoisotopic (exact) mass is 1810 g/mol. The molecular weight excluding hydrogens is 1750 g/mol. The van der Waals surface area contributed by atoms with Crippen molar-refractivity contribution in [2.75, 3.05) is 20.8 Å². The summed E-state index contributed by atoms with van der Waals surface area (Å²) in [6, 6.07) is 50.0. The van der Waals surface area contributed by atoms with Crippen LogP contribution in [0.4, 0.5) is 65.9 Å². The summed E-state index contributed by atoms with van der Waals surface area (Å²) < 4.78 is 236. The van der Waals surface area contributed by atoms with E-state index >= 15 is 0 Å². The Labute approximate surface area is 729 Å². The second-order valence-corrected chi connectivity index (χ2v) is 27.1. The summed E-state index contributed by atoms with van der Waals surface area (Å²) in [4.78, 5) is 54.6. The van der Waals surface area contributed by atoms with Crippen molar-refractivity contribution in [3.63, 3.8) is 0 Å². The summed E-state index contributed by atoms with van der Waals surface area (Å²) in [6.45, 7) is 0.617. The van der Waals surface area contributed by atoms with Crippen molar-refractivity contribution in [1.29, 1.82) is 0 Å². The van der Waals surface area contributed by atoms with Crippen LogP contribution in [0.1, 0.15) is 34.0 Å². The number of hydrogen-bond donors (Lipinski definition) is 0. The van der Waals surface area contributed by atoms with Gasteiger partial charge < -0.3 is 37.9 Å². The zero-order valence-corrected chi connectivity index (χ0v) is 67.4. The normalized spacial score (nSPS) is 11.8. The van der Waals surface area contributed by atoms with Crippen LogP contribution in [0.2, 0.25) is 5.02 Å². The molecule has 0 N–H and O–H groups in total. The molecule has 0 atom stereocenters. The summed E-state index contributed by atoms with van der Waals surface area (Å²) in [6.07, 6.45) is 0.481. The quantitative estimate of drug-likeness (QED) is 0.0766. The number of fused-ring (bicyclic) bond motifs is 3. The molecule has 1 aliphatic heterocycles. The average molecular weight is 1810 g/mol. The molecule has 0 fully saturated rings. The third-order valence-corrected chi connectivity index (χ3v) is 18.4. The molecular formula is C90H58ClF15N16O8. The van der Waals surface area contributed by atoms with Crippen LogP contribution in [0, 0.1) is 0 Å². The number of pyridine rings is 13. The molecule has 17 aromatic rings. The number of aromatic nitrogens is 16. The van der Waals surface area contributed by atoms with Crippen molar-refractivity contribution in [2.45, 2.75) is 37.3 Å². The van der Waals surface area contributed by atoms with Crippen molar-refractivity contribution in [1.82, 2.24) is 79.4 Å². The van der Waals surface area contributed by atoms with Gasteiger partial charge in [0.25, 0.3) is 0 Å². The molecule has 16 heterocycles. The lowest BCUT2D eigenvalue weighted by atomic mass is 10.0. The Morgan fingerprint density at radius 1 is 0.315 bits per heavy atom. The lowest BCUT2D eigenvalue weighted by molar-refractivity contribution is -0.142. The van der Waals surface area contributed by atoms with Crippen LogP contribution in [0.15, 0.2) is 293 Å². The Morgan fingerprint density at radius 3 is 1.15 bits per heavy atom. The van der Waals surface area contributed by atoms with Gasteiger partial charge in [0, 0.05) is 107 Å². The van der Waals surface area contributed by atoms with E-state index < -0.39 is 59.4 Å². The predicted octanol–water partition coefficient (Wildman–Crippen LogP) is 23.8. The van der Waals surface area contributed by atoms with E-state index in [0.29, 0.717) is 73.2 Å². The first-order chi connectivity index (χ1) is 62.4. The van der Waals surface area contributed by atoms with Gasteiger partial charge in [-0.2, -0.15) is 71.0 Å². The second-order valence-electron chi connectivity index (χ2n) is 26.7. The average Bonchev–Trinajstić information content (AvgIpc) is 1.77. The number of rotatable bonds is 17. The Bertz CT molecular complexity index is 6650. The molecule has 40 heteroatoms. The number of hydrogen-bond acceptors (Lipinski definition) is 23. The maximum absolute atomic E-state index is 12.7. The smallest absolute Gasteiger partial charge is 0.433 e. The van der Waals surface area contributed by atoms with Gasteiger partial charge in [-0.15, -0.1) is 0 Å². The molecule has 0 saturated carbocycles. The van der Waals surface area contributed by atoms with Crippen molar-refractivity contribution >= 4 is 28.2 Å². The lowest BCUT2D eigenvalue weighted by Crippen LogP contribution is -2.07. The van der Waals surface area contributed by atoms with Crippen molar-refractivity contribution in [3.05, 3.63) is 332 Å².